The Hall–Kier alpha value is -3.44. The molecule has 0 aliphatic heterocycles. The van der Waals surface area contributed by atoms with Gasteiger partial charge in [0.1, 0.15) is 0 Å². The number of alkyl halides is 9. The summed E-state index contributed by atoms with van der Waals surface area (Å²) >= 11 is 2.97. The Bertz CT molecular complexity index is 1240. The van der Waals surface area contributed by atoms with E-state index in [2.05, 4.69) is 46.0 Å². The van der Waals surface area contributed by atoms with E-state index in [4.69, 9.17) is 0 Å². The van der Waals surface area contributed by atoms with Crippen molar-refractivity contribution >= 4 is 21.8 Å². The molecule has 37 heavy (non-hydrogen) atoms. The molecule has 8 nitrogen and oxygen atoms in total. The molecule has 1 amide bonds. The number of carbonyl (C=O) groups excluding carboxylic acids is 1. The molecule has 1 unspecified atom stereocenters. The number of halogens is 10. The van der Waals surface area contributed by atoms with Crippen LogP contribution in [0.15, 0.2) is 35.3 Å². The zero-order chi connectivity index (χ0) is 27.8. The Morgan fingerprint density at radius 2 is 1.54 bits per heavy atom. The van der Waals surface area contributed by atoms with E-state index >= 15 is 0 Å². The number of carbonyl (C=O) groups is 1. The summed E-state index contributed by atoms with van der Waals surface area (Å²) in [7, 11) is 0. The zero-order valence-electron chi connectivity index (χ0n) is 18.0. The first-order chi connectivity index (χ1) is 16.9. The molecule has 0 saturated heterocycles. The third-order valence-corrected chi connectivity index (χ3v) is 4.73. The lowest BCUT2D eigenvalue weighted by Crippen LogP contribution is -2.29. The Morgan fingerprint density at radius 3 is 2.03 bits per heavy atom. The highest BCUT2D eigenvalue weighted by atomic mass is 79.9. The number of aromatic nitrogens is 5. The van der Waals surface area contributed by atoms with Gasteiger partial charge in [0.25, 0.3) is 11.9 Å². The van der Waals surface area contributed by atoms with Crippen molar-refractivity contribution in [2.75, 3.05) is 6.61 Å². The summed E-state index contributed by atoms with van der Waals surface area (Å²) in [4.78, 5) is 24.1. The average molecular weight is 607 g/mol. The van der Waals surface area contributed by atoms with Gasteiger partial charge in [0, 0.05) is 5.56 Å². The van der Waals surface area contributed by atoms with Crippen molar-refractivity contribution in [1.82, 2.24) is 30.0 Å². The first-order valence-electron chi connectivity index (χ1n) is 9.69. The van der Waals surface area contributed by atoms with Crippen LogP contribution >= 0.6 is 15.9 Å². The Kier molecular flexibility index (Phi) is 7.71. The van der Waals surface area contributed by atoms with Crippen LogP contribution in [0.5, 0.6) is 5.75 Å². The van der Waals surface area contributed by atoms with Gasteiger partial charge in [0.15, 0.2) is 18.2 Å². The summed E-state index contributed by atoms with van der Waals surface area (Å²) in [5.74, 6) is -1.97. The fraction of sp³-hybridized carbons (Fsp3) is 0.316. The second-order valence-electron chi connectivity index (χ2n) is 7.26. The molecule has 0 fully saturated rings. The second kappa shape index (κ2) is 10.1. The van der Waals surface area contributed by atoms with E-state index in [-0.39, 0.29) is 40.5 Å². The summed E-state index contributed by atoms with van der Waals surface area (Å²) in [6.07, 6.45) is -13.1. The number of rotatable bonds is 6. The second-order valence-corrected chi connectivity index (χ2v) is 7.97. The Labute approximate surface area is 209 Å². The van der Waals surface area contributed by atoms with E-state index in [0.29, 0.717) is 0 Å². The summed E-state index contributed by atoms with van der Waals surface area (Å²) in [6.45, 7) is -0.297. The monoisotopic (exact) mass is 606 g/mol. The van der Waals surface area contributed by atoms with Gasteiger partial charge in [-0.2, -0.15) is 44.2 Å². The molecule has 200 valence electrons. The maximum atomic E-state index is 13.1. The van der Waals surface area contributed by atoms with Crippen molar-refractivity contribution < 1.29 is 49.0 Å². The fourth-order valence-electron chi connectivity index (χ4n) is 2.81. The van der Waals surface area contributed by atoms with Crippen molar-refractivity contribution in [2.45, 2.75) is 31.5 Å². The lowest BCUT2D eigenvalue weighted by atomic mass is 10.0. The van der Waals surface area contributed by atoms with Crippen molar-refractivity contribution in [3.63, 3.8) is 0 Å². The molecule has 18 heteroatoms. The Balaban J connectivity index is 1.86. The summed E-state index contributed by atoms with van der Waals surface area (Å²) in [6, 6.07) is -0.755. The molecule has 1 aromatic carbocycles. The van der Waals surface area contributed by atoms with Crippen LogP contribution in [0, 0.1) is 0 Å². The quantitative estimate of drug-likeness (QED) is 0.383. The molecule has 0 saturated carbocycles. The first kappa shape index (κ1) is 28.1. The standard InChI is InChI=1S/C19H12BrF9N6O2/c1-8(32-14(36)9-2-10(18(24,25)26)4-11(3-9)19(27,28)29)13-33-15(20)34-35(13)16-30-5-12(6-31-16)37-7-17(21,22)23/h2-6,8H,7H2,1H3,(H,32,36). The topological polar surface area (TPSA) is 94.8 Å². The molecule has 0 radical (unpaired) electrons. The highest BCUT2D eigenvalue weighted by Crippen LogP contribution is 2.36. The van der Waals surface area contributed by atoms with Crippen molar-refractivity contribution in [3.8, 4) is 11.7 Å². The van der Waals surface area contributed by atoms with Crippen molar-refractivity contribution in [3.05, 3.63) is 57.8 Å². The predicted molar refractivity (Wildman–Crippen MR) is 109 cm³/mol. The van der Waals surface area contributed by atoms with Crippen LogP contribution in [0.3, 0.4) is 0 Å². The molecule has 0 aliphatic rings. The minimum atomic E-state index is -5.15. The van der Waals surface area contributed by atoms with Gasteiger partial charge in [-0.05, 0) is 41.1 Å². The molecule has 0 bridgehead atoms. The summed E-state index contributed by atoms with van der Waals surface area (Å²) in [5.41, 5.74) is -4.26. The van der Waals surface area contributed by atoms with Crippen LogP contribution in [0.4, 0.5) is 39.5 Å². The fourth-order valence-corrected chi connectivity index (χ4v) is 3.15. The minimum Gasteiger partial charge on any atom is -0.481 e. The number of ether oxygens (including phenoxy) is 1. The third-order valence-electron chi connectivity index (χ3n) is 4.40. The van der Waals surface area contributed by atoms with Gasteiger partial charge in [-0.15, -0.1) is 5.10 Å². The van der Waals surface area contributed by atoms with Gasteiger partial charge in [-0.3, -0.25) is 4.79 Å². The number of benzene rings is 1. The molecule has 3 aromatic rings. The SMILES string of the molecule is CC(NC(=O)c1cc(C(F)(F)F)cc(C(F)(F)F)c1)c1nc(Br)nn1-c1ncc(OCC(F)(F)F)cn1. The summed E-state index contributed by atoms with van der Waals surface area (Å²) < 4.78 is 121. The van der Waals surface area contributed by atoms with Gasteiger partial charge >= 0.3 is 18.5 Å². The normalized spacial score (nSPS) is 13.4. The number of nitrogens with one attached hydrogen (secondary N) is 1. The van der Waals surface area contributed by atoms with Crippen LogP contribution in [0.25, 0.3) is 5.95 Å². The molecule has 0 aliphatic carbocycles. The number of hydrogen-bond acceptors (Lipinski definition) is 6. The van der Waals surface area contributed by atoms with Crippen molar-refractivity contribution in [2.24, 2.45) is 0 Å². The number of nitrogens with zero attached hydrogens (tertiary/aromatic N) is 5. The maximum absolute atomic E-state index is 13.1. The lowest BCUT2D eigenvalue weighted by Gasteiger charge is -2.17. The molecular formula is C19H12BrF9N6O2. The van der Waals surface area contributed by atoms with Gasteiger partial charge in [-0.25, -0.2) is 15.0 Å². The molecule has 3 rings (SSSR count). The molecule has 1 N–H and O–H groups in total. The molecule has 0 spiro atoms. The van der Waals surface area contributed by atoms with E-state index in [1.165, 1.54) is 6.92 Å². The van der Waals surface area contributed by atoms with Crippen LogP contribution in [-0.4, -0.2) is 43.4 Å². The van der Waals surface area contributed by atoms with Crippen molar-refractivity contribution in [1.29, 1.82) is 0 Å². The van der Waals surface area contributed by atoms with E-state index in [1.807, 2.05) is 0 Å². The van der Waals surface area contributed by atoms with Gasteiger partial charge in [0.05, 0.1) is 29.6 Å². The van der Waals surface area contributed by atoms with E-state index in [0.717, 1.165) is 17.1 Å². The third kappa shape index (κ3) is 7.30. The molecular weight excluding hydrogens is 595 g/mol. The van der Waals surface area contributed by atoms with Gasteiger partial charge in [0.2, 0.25) is 4.73 Å². The summed E-state index contributed by atoms with van der Waals surface area (Å²) in [5, 5.41) is 6.14. The zero-order valence-corrected chi connectivity index (χ0v) is 19.6. The number of amides is 1. The smallest absolute Gasteiger partial charge is 0.422 e. The highest BCUT2D eigenvalue weighted by molar-refractivity contribution is 9.10. The van der Waals surface area contributed by atoms with E-state index in [1.54, 1.807) is 0 Å². The predicted octanol–water partition coefficient (Wildman–Crippen LogP) is 5.29. The largest absolute Gasteiger partial charge is 0.481 e. The van der Waals surface area contributed by atoms with Crippen LogP contribution < -0.4 is 10.1 Å². The molecule has 2 aromatic heterocycles. The average Bonchev–Trinajstić information content (AvgIpc) is 3.18. The Morgan fingerprint density at radius 1 is 1.00 bits per heavy atom. The van der Waals surface area contributed by atoms with Crippen LogP contribution in [-0.2, 0) is 12.4 Å². The molecule has 1 atom stereocenters. The minimum absolute atomic E-state index is 0.0666. The van der Waals surface area contributed by atoms with E-state index < -0.39 is 53.8 Å². The van der Waals surface area contributed by atoms with E-state index in [9.17, 15) is 44.3 Å². The van der Waals surface area contributed by atoms with Gasteiger partial charge < -0.3 is 10.1 Å². The van der Waals surface area contributed by atoms with Crippen LogP contribution in [0.1, 0.15) is 40.3 Å². The van der Waals surface area contributed by atoms with Gasteiger partial charge in [-0.1, -0.05) is 0 Å². The van der Waals surface area contributed by atoms with Crippen LogP contribution in [0.2, 0.25) is 0 Å². The maximum Gasteiger partial charge on any atom is 0.422 e. The first-order valence-corrected chi connectivity index (χ1v) is 10.5. The molecule has 2 heterocycles. The lowest BCUT2D eigenvalue weighted by molar-refractivity contribution is -0.153. The highest BCUT2D eigenvalue weighted by Gasteiger charge is 2.37. The number of hydrogen-bond donors (Lipinski definition) is 1.